The highest BCUT2D eigenvalue weighted by atomic mass is 32.1. The number of nitrogens with one attached hydrogen (secondary N) is 1. The summed E-state index contributed by atoms with van der Waals surface area (Å²) in [6.07, 6.45) is 8.17. The number of thiazole rings is 1. The first-order valence-electron chi connectivity index (χ1n) is 7.97. The molecule has 0 saturated carbocycles. The minimum atomic E-state index is -0.347. The van der Waals surface area contributed by atoms with Gasteiger partial charge in [-0.05, 0) is 25.5 Å². The molecule has 0 aliphatic carbocycles. The Morgan fingerprint density at radius 2 is 2.15 bits per heavy atom. The molecule has 0 bridgehead atoms. The normalized spacial score (nSPS) is 13.0. The molecule has 1 unspecified atom stereocenters. The molecule has 7 nitrogen and oxygen atoms in total. The van der Waals surface area contributed by atoms with Crippen LogP contribution in [-0.2, 0) is 11.8 Å². The monoisotopic (exact) mass is 371 g/mol. The highest BCUT2D eigenvalue weighted by molar-refractivity contribution is 7.13. The Balaban J connectivity index is 2.15. The minimum Gasteiger partial charge on any atom is -0.342 e. The lowest BCUT2D eigenvalue weighted by molar-refractivity contribution is -0.118. The van der Waals surface area contributed by atoms with Crippen LogP contribution >= 0.6 is 11.3 Å². The van der Waals surface area contributed by atoms with Crippen LogP contribution in [0.25, 0.3) is 5.57 Å². The Hall–Kier alpha value is -2.87. The van der Waals surface area contributed by atoms with Gasteiger partial charge in [-0.15, -0.1) is 11.3 Å². The molecule has 0 fully saturated rings. The first-order chi connectivity index (χ1) is 12.3. The minimum absolute atomic E-state index is 0.0452. The van der Waals surface area contributed by atoms with E-state index in [1.165, 1.54) is 24.5 Å². The summed E-state index contributed by atoms with van der Waals surface area (Å²) in [7, 11) is 1.81. The van der Waals surface area contributed by atoms with Crippen LogP contribution in [-0.4, -0.2) is 32.7 Å². The van der Waals surface area contributed by atoms with Crippen LogP contribution in [0.4, 0.5) is 0 Å². The van der Waals surface area contributed by atoms with Gasteiger partial charge in [0.15, 0.2) is 5.78 Å². The number of hydrogen-bond donors (Lipinski definition) is 1. The van der Waals surface area contributed by atoms with Crippen molar-refractivity contribution in [1.82, 2.24) is 20.1 Å². The zero-order valence-electron chi connectivity index (χ0n) is 15.2. The van der Waals surface area contributed by atoms with E-state index in [1.54, 1.807) is 30.1 Å². The van der Waals surface area contributed by atoms with Gasteiger partial charge in [0.25, 0.3) is 5.91 Å². The number of aromatic nitrogens is 3. The lowest BCUT2D eigenvalue weighted by atomic mass is 10.1. The zero-order chi connectivity index (χ0) is 19.3. The summed E-state index contributed by atoms with van der Waals surface area (Å²) in [4.78, 5) is 32.9. The van der Waals surface area contributed by atoms with Crippen LogP contribution in [0.2, 0.25) is 0 Å². The van der Waals surface area contributed by atoms with Crippen molar-refractivity contribution in [2.75, 3.05) is 0 Å². The van der Waals surface area contributed by atoms with Crippen molar-refractivity contribution in [3.8, 4) is 0 Å². The van der Waals surface area contributed by atoms with E-state index in [9.17, 15) is 9.59 Å². The molecule has 0 spiro atoms. The van der Waals surface area contributed by atoms with Gasteiger partial charge < -0.3 is 5.32 Å². The number of ketones is 1. The summed E-state index contributed by atoms with van der Waals surface area (Å²) in [6, 6.07) is -0.345. The van der Waals surface area contributed by atoms with Gasteiger partial charge in [-0.1, -0.05) is 6.58 Å². The predicted octanol–water partition coefficient (Wildman–Crippen LogP) is 2.94. The number of carbonyl (C=O) groups is 2. The van der Waals surface area contributed by atoms with E-state index >= 15 is 0 Å². The summed E-state index contributed by atoms with van der Waals surface area (Å²) in [6.45, 7) is 9.00. The summed E-state index contributed by atoms with van der Waals surface area (Å²) >= 11 is 1.27. The molecular formula is C18H21N5O2S. The smallest absolute Gasteiger partial charge is 0.270 e. The number of nitrogens with zero attached hydrogens (tertiary/aromatic N) is 4. The van der Waals surface area contributed by atoms with Crippen LogP contribution < -0.4 is 5.32 Å². The van der Waals surface area contributed by atoms with E-state index in [0.29, 0.717) is 15.5 Å². The van der Waals surface area contributed by atoms with Crippen molar-refractivity contribution in [2.24, 2.45) is 12.0 Å². The van der Waals surface area contributed by atoms with Crippen molar-refractivity contribution in [2.45, 2.75) is 26.8 Å². The second-order valence-electron chi connectivity index (χ2n) is 5.66. The molecule has 0 aromatic carbocycles. The number of Topliss-reactive ketones (excluding diaryl/α,β-unsaturated/α-hetero) is 1. The maximum Gasteiger partial charge on any atom is 0.270 e. The summed E-state index contributed by atoms with van der Waals surface area (Å²) in [5.74, 6) is -0.392. The van der Waals surface area contributed by atoms with Gasteiger partial charge in [0, 0.05) is 38.1 Å². The van der Waals surface area contributed by atoms with Gasteiger partial charge in [0.05, 0.1) is 17.1 Å². The van der Waals surface area contributed by atoms with Crippen molar-refractivity contribution in [3.05, 3.63) is 52.4 Å². The quantitative estimate of drug-likeness (QED) is 0.351. The third-order valence-electron chi connectivity index (χ3n) is 3.48. The third-order valence-corrected chi connectivity index (χ3v) is 4.76. The average Bonchev–Trinajstić information content (AvgIpc) is 3.23. The Kier molecular flexibility index (Phi) is 6.35. The maximum absolute atomic E-state index is 12.6. The molecule has 1 amide bonds. The number of aliphatic imine (C=N–C) groups is 1. The molecule has 26 heavy (non-hydrogen) atoms. The molecule has 0 aliphatic rings. The lowest BCUT2D eigenvalue weighted by Gasteiger charge is -2.11. The predicted molar refractivity (Wildman–Crippen MR) is 103 cm³/mol. The molecular weight excluding hydrogens is 350 g/mol. The average molecular weight is 371 g/mol. The number of aryl methyl sites for hydroxylation is 1. The highest BCUT2D eigenvalue weighted by Crippen LogP contribution is 2.21. The van der Waals surface area contributed by atoms with Crippen LogP contribution in [0.5, 0.6) is 0 Å². The molecule has 2 heterocycles. The number of hydrogen-bond acceptors (Lipinski definition) is 6. The Morgan fingerprint density at radius 3 is 2.69 bits per heavy atom. The molecule has 1 atom stereocenters. The number of amides is 1. The number of allylic oxidation sites excluding steroid dienone is 2. The first-order valence-corrected chi connectivity index (χ1v) is 8.79. The highest BCUT2D eigenvalue weighted by Gasteiger charge is 2.17. The van der Waals surface area contributed by atoms with E-state index in [2.05, 4.69) is 27.0 Å². The molecule has 136 valence electrons. The molecule has 0 saturated heterocycles. The van der Waals surface area contributed by atoms with Crippen LogP contribution in [0, 0.1) is 0 Å². The Labute approximate surface area is 156 Å². The second kappa shape index (κ2) is 8.48. The molecule has 1 N–H and O–H groups in total. The second-order valence-corrected chi connectivity index (χ2v) is 6.72. The van der Waals surface area contributed by atoms with E-state index in [-0.39, 0.29) is 23.4 Å². The number of rotatable bonds is 7. The first kappa shape index (κ1) is 19.5. The molecule has 0 radical (unpaired) electrons. The molecule has 0 aliphatic heterocycles. The zero-order valence-corrected chi connectivity index (χ0v) is 16.0. The van der Waals surface area contributed by atoms with E-state index < -0.39 is 0 Å². The standard InChI is InChI=1S/C18H21N5O2S/c1-6-19-15(7-11(2)14-8-21-23(5)10-14)17(25)22-12(3)18-20-9-16(26-18)13(4)24/h6-10,12H,2H2,1,3-5H3,(H,22,25)/b15-7-,19-6-. The van der Waals surface area contributed by atoms with Gasteiger partial charge in [-0.25, -0.2) is 4.98 Å². The lowest BCUT2D eigenvalue weighted by Crippen LogP contribution is -2.27. The summed E-state index contributed by atoms with van der Waals surface area (Å²) in [5, 5.41) is 7.60. The fourth-order valence-electron chi connectivity index (χ4n) is 2.12. The van der Waals surface area contributed by atoms with Crippen LogP contribution in [0.3, 0.4) is 0 Å². The van der Waals surface area contributed by atoms with Gasteiger partial charge in [0.1, 0.15) is 10.7 Å². The van der Waals surface area contributed by atoms with E-state index in [0.717, 1.165) is 5.56 Å². The fourth-order valence-corrected chi connectivity index (χ4v) is 2.93. The van der Waals surface area contributed by atoms with Gasteiger partial charge in [-0.2, -0.15) is 5.10 Å². The molecule has 2 rings (SSSR count). The largest absolute Gasteiger partial charge is 0.342 e. The summed E-state index contributed by atoms with van der Waals surface area (Å²) in [5.41, 5.74) is 1.68. The summed E-state index contributed by atoms with van der Waals surface area (Å²) < 4.78 is 1.66. The van der Waals surface area contributed by atoms with Crippen molar-refractivity contribution in [3.63, 3.8) is 0 Å². The van der Waals surface area contributed by atoms with E-state index in [1.807, 2.05) is 20.2 Å². The van der Waals surface area contributed by atoms with Gasteiger partial charge >= 0.3 is 0 Å². The van der Waals surface area contributed by atoms with Gasteiger partial charge in [0.2, 0.25) is 0 Å². The van der Waals surface area contributed by atoms with Crippen molar-refractivity contribution >= 4 is 34.8 Å². The SMILES string of the molecule is C=C(/C=C(\N=C/C)C(=O)NC(C)c1ncc(C(C)=O)s1)c1cnn(C)c1. The molecule has 8 heteroatoms. The van der Waals surface area contributed by atoms with Crippen LogP contribution in [0.15, 0.2) is 41.9 Å². The van der Waals surface area contributed by atoms with Crippen LogP contribution in [0.1, 0.15) is 47.1 Å². The van der Waals surface area contributed by atoms with Crippen molar-refractivity contribution in [1.29, 1.82) is 0 Å². The van der Waals surface area contributed by atoms with E-state index in [4.69, 9.17) is 0 Å². The fraction of sp³-hybridized carbons (Fsp3) is 0.278. The number of carbonyl (C=O) groups excluding carboxylic acids is 2. The third kappa shape index (κ3) is 4.82. The molecule has 2 aromatic heterocycles. The Bertz CT molecular complexity index is 891. The topological polar surface area (TPSA) is 89.2 Å². The Morgan fingerprint density at radius 1 is 1.42 bits per heavy atom. The molecule has 2 aromatic rings. The maximum atomic E-state index is 12.6. The van der Waals surface area contributed by atoms with Gasteiger partial charge in [-0.3, -0.25) is 19.3 Å². The van der Waals surface area contributed by atoms with Crippen molar-refractivity contribution < 1.29 is 9.59 Å².